The molecule has 0 aliphatic rings. The van der Waals surface area contributed by atoms with E-state index in [1.807, 2.05) is 0 Å². The molecule has 122 valence electrons. The molecule has 23 heavy (non-hydrogen) atoms. The van der Waals surface area contributed by atoms with Crippen LogP contribution in [-0.2, 0) is 17.5 Å². The fourth-order valence-corrected chi connectivity index (χ4v) is 2.18. The minimum atomic E-state index is -4.46. The molecule has 0 spiro atoms. The van der Waals surface area contributed by atoms with Crippen molar-refractivity contribution in [3.63, 3.8) is 0 Å². The molecule has 6 heteroatoms. The Morgan fingerprint density at radius 2 is 1.91 bits per heavy atom. The average Bonchev–Trinajstić information content (AvgIpc) is 2.48. The van der Waals surface area contributed by atoms with Crippen molar-refractivity contribution in [1.29, 1.82) is 0 Å². The number of benzene rings is 2. The van der Waals surface area contributed by atoms with E-state index in [0.29, 0.717) is 12.2 Å². The third kappa shape index (κ3) is 4.32. The van der Waals surface area contributed by atoms with Crippen molar-refractivity contribution in [2.45, 2.75) is 19.7 Å². The second kappa shape index (κ2) is 6.83. The minimum Gasteiger partial charge on any atom is -0.380 e. The maximum Gasteiger partial charge on any atom is 0.416 e. The van der Waals surface area contributed by atoms with Crippen molar-refractivity contribution in [2.24, 2.45) is 0 Å². The summed E-state index contributed by atoms with van der Waals surface area (Å²) < 4.78 is 43.7. The first-order chi connectivity index (χ1) is 10.8. The molecule has 0 heterocycles. The second-order valence-corrected chi connectivity index (χ2v) is 5.11. The van der Waals surface area contributed by atoms with Crippen LogP contribution in [0, 0.1) is 6.92 Å². The molecule has 3 nitrogen and oxygen atoms in total. The molecule has 0 unspecified atom stereocenters. The largest absolute Gasteiger partial charge is 0.416 e. The zero-order chi connectivity index (χ0) is 17.0. The molecule has 0 aliphatic carbocycles. The molecular formula is C17H16F3NO2. The molecule has 0 atom stereocenters. The van der Waals surface area contributed by atoms with Crippen LogP contribution in [0.25, 0.3) is 0 Å². The van der Waals surface area contributed by atoms with E-state index < -0.39 is 17.6 Å². The lowest BCUT2D eigenvalue weighted by atomic mass is 10.1. The number of nitrogens with one attached hydrogen (secondary N) is 1. The first-order valence-electron chi connectivity index (χ1n) is 6.88. The van der Waals surface area contributed by atoms with Gasteiger partial charge in [0, 0.05) is 18.4 Å². The maximum absolute atomic E-state index is 12.9. The maximum atomic E-state index is 12.9. The summed E-state index contributed by atoms with van der Waals surface area (Å²) in [7, 11) is 1.54. The van der Waals surface area contributed by atoms with Gasteiger partial charge < -0.3 is 10.1 Å². The molecular weight excluding hydrogens is 307 g/mol. The van der Waals surface area contributed by atoms with Gasteiger partial charge in [0.25, 0.3) is 5.91 Å². The Labute approximate surface area is 132 Å². The Morgan fingerprint density at radius 1 is 1.17 bits per heavy atom. The fraction of sp³-hybridized carbons (Fsp3) is 0.235. The topological polar surface area (TPSA) is 38.3 Å². The van der Waals surface area contributed by atoms with Crippen molar-refractivity contribution in [3.8, 4) is 0 Å². The number of aryl methyl sites for hydroxylation is 1. The third-order valence-corrected chi connectivity index (χ3v) is 3.30. The van der Waals surface area contributed by atoms with Gasteiger partial charge in [-0.2, -0.15) is 13.2 Å². The molecule has 1 amide bonds. The lowest BCUT2D eigenvalue weighted by molar-refractivity contribution is -0.138. The molecule has 0 aliphatic heterocycles. The van der Waals surface area contributed by atoms with Crippen LogP contribution in [0.15, 0.2) is 42.5 Å². The normalized spacial score (nSPS) is 11.3. The summed E-state index contributed by atoms with van der Waals surface area (Å²) in [5, 5.41) is 2.49. The zero-order valence-corrected chi connectivity index (χ0v) is 12.7. The van der Waals surface area contributed by atoms with Crippen LogP contribution in [0.1, 0.15) is 27.0 Å². The number of carbonyl (C=O) groups is 1. The summed E-state index contributed by atoms with van der Waals surface area (Å²) in [6.45, 7) is 1.73. The molecule has 0 aromatic heterocycles. The van der Waals surface area contributed by atoms with Crippen molar-refractivity contribution >= 4 is 11.6 Å². The average molecular weight is 323 g/mol. The molecule has 0 bridgehead atoms. The van der Waals surface area contributed by atoms with E-state index in [9.17, 15) is 18.0 Å². The highest BCUT2D eigenvalue weighted by Crippen LogP contribution is 2.33. The van der Waals surface area contributed by atoms with Crippen LogP contribution < -0.4 is 5.32 Å². The van der Waals surface area contributed by atoms with E-state index in [0.717, 1.165) is 11.6 Å². The smallest absolute Gasteiger partial charge is 0.380 e. The van der Waals surface area contributed by atoms with Crippen molar-refractivity contribution in [1.82, 2.24) is 0 Å². The number of methoxy groups -OCH3 is 1. The van der Waals surface area contributed by atoms with Crippen molar-refractivity contribution in [3.05, 3.63) is 64.7 Å². The lowest BCUT2D eigenvalue weighted by Gasteiger charge is -2.13. The van der Waals surface area contributed by atoms with Crippen LogP contribution in [-0.4, -0.2) is 13.0 Å². The van der Waals surface area contributed by atoms with Gasteiger partial charge in [0.2, 0.25) is 0 Å². The van der Waals surface area contributed by atoms with E-state index in [1.54, 1.807) is 24.3 Å². The van der Waals surface area contributed by atoms with Crippen LogP contribution in [0.2, 0.25) is 0 Å². The van der Waals surface area contributed by atoms with Crippen LogP contribution in [0.4, 0.5) is 18.9 Å². The van der Waals surface area contributed by atoms with E-state index in [4.69, 9.17) is 4.74 Å². The first kappa shape index (κ1) is 17.0. The predicted molar refractivity (Wildman–Crippen MR) is 81.3 cm³/mol. The van der Waals surface area contributed by atoms with Crippen LogP contribution in [0.5, 0.6) is 0 Å². The van der Waals surface area contributed by atoms with Gasteiger partial charge in [-0.1, -0.05) is 18.2 Å². The Morgan fingerprint density at radius 3 is 2.57 bits per heavy atom. The lowest BCUT2D eigenvalue weighted by Crippen LogP contribution is -2.14. The molecule has 2 aromatic rings. The quantitative estimate of drug-likeness (QED) is 0.905. The first-order valence-corrected chi connectivity index (χ1v) is 6.88. The molecule has 2 aromatic carbocycles. The fourth-order valence-electron chi connectivity index (χ4n) is 2.18. The molecule has 2 rings (SSSR count). The number of alkyl halides is 3. The summed E-state index contributed by atoms with van der Waals surface area (Å²) in [5.41, 5.74) is 0.611. The molecule has 0 radical (unpaired) electrons. The molecule has 0 saturated carbocycles. The number of amides is 1. The number of rotatable bonds is 4. The van der Waals surface area contributed by atoms with Gasteiger partial charge in [-0.05, 0) is 42.3 Å². The predicted octanol–water partition coefficient (Wildman–Crippen LogP) is 4.41. The number of anilines is 1. The summed E-state index contributed by atoms with van der Waals surface area (Å²) in [6.07, 6.45) is -4.46. The van der Waals surface area contributed by atoms with Crippen molar-refractivity contribution in [2.75, 3.05) is 12.4 Å². The minimum absolute atomic E-state index is 0.102. The number of hydrogen-bond acceptors (Lipinski definition) is 2. The van der Waals surface area contributed by atoms with Gasteiger partial charge in [-0.3, -0.25) is 4.79 Å². The highest BCUT2D eigenvalue weighted by atomic mass is 19.4. The van der Waals surface area contributed by atoms with Gasteiger partial charge in [0.05, 0.1) is 12.2 Å². The van der Waals surface area contributed by atoms with Gasteiger partial charge in [-0.15, -0.1) is 0 Å². The molecule has 0 fully saturated rings. The van der Waals surface area contributed by atoms with E-state index in [-0.39, 0.29) is 11.3 Å². The second-order valence-electron chi connectivity index (χ2n) is 5.11. The summed E-state index contributed by atoms with van der Waals surface area (Å²) >= 11 is 0. The van der Waals surface area contributed by atoms with E-state index in [1.165, 1.54) is 26.2 Å². The van der Waals surface area contributed by atoms with Crippen molar-refractivity contribution < 1.29 is 22.7 Å². The Bertz CT molecular complexity index is 711. The highest BCUT2D eigenvalue weighted by Gasteiger charge is 2.32. The summed E-state index contributed by atoms with van der Waals surface area (Å²) in [4.78, 5) is 12.2. The zero-order valence-electron chi connectivity index (χ0n) is 12.7. The highest BCUT2D eigenvalue weighted by molar-refractivity contribution is 6.04. The summed E-state index contributed by atoms with van der Waals surface area (Å²) in [5.74, 6) is -0.472. The van der Waals surface area contributed by atoms with E-state index in [2.05, 4.69) is 5.32 Å². The number of carbonyl (C=O) groups excluding carboxylic acids is 1. The Hall–Kier alpha value is -2.34. The SMILES string of the molecule is COCc1cccc(C(=O)Nc2ccc(C)c(C(F)(F)F)c2)c1. The standard InChI is InChI=1S/C17H16F3NO2/c1-11-6-7-14(9-15(11)17(18,19)20)21-16(22)13-5-3-4-12(8-13)10-23-2/h3-9H,10H2,1-2H3,(H,21,22). The number of ether oxygens (including phenoxy) is 1. The van der Waals surface area contributed by atoms with Crippen LogP contribution in [0.3, 0.4) is 0 Å². The Balaban J connectivity index is 2.22. The third-order valence-electron chi connectivity index (χ3n) is 3.30. The number of halogens is 3. The van der Waals surface area contributed by atoms with Gasteiger partial charge in [-0.25, -0.2) is 0 Å². The monoisotopic (exact) mass is 323 g/mol. The van der Waals surface area contributed by atoms with E-state index >= 15 is 0 Å². The molecule has 0 saturated heterocycles. The van der Waals surface area contributed by atoms with Gasteiger partial charge in [0.15, 0.2) is 0 Å². The number of hydrogen-bond donors (Lipinski definition) is 1. The molecule has 1 N–H and O–H groups in total. The van der Waals surface area contributed by atoms with Crippen LogP contribution >= 0.6 is 0 Å². The summed E-state index contributed by atoms with van der Waals surface area (Å²) in [6, 6.07) is 10.4. The van der Waals surface area contributed by atoms with Gasteiger partial charge in [0.1, 0.15) is 0 Å². The van der Waals surface area contributed by atoms with Gasteiger partial charge >= 0.3 is 6.18 Å². The Kier molecular flexibility index (Phi) is 5.05.